The second kappa shape index (κ2) is 8.27. The summed E-state index contributed by atoms with van der Waals surface area (Å²) in [6.07, 6.45) is 0. The van der Waals surface area contributed by atoms with Crippen molar-refractivity contribution < 1.29 is 10.3 Å². The standard InChI is InChI=1S/C21H17Cl2N5O4/c1-26-19(29)15(20(30)27(2)21(26)31)17-16(11-6-4-3-5-7-11)24-25-18(28(17)32)13-9-8-12(22)10-14(13)23/h3-10,17,29,32H,1-2H3/t17-/m1/s1. The Morgan fingerprint density at radius 1 is 0.969 bits per heavy atom. The Hall–Kier alpha value is -3.40. The van der Waals surface area contributed by atoms with Crippen LogP contribution < -0.4 is 11.2 Å². The molecule has 0 unspecified atom stereocenters. The van der Waals surface area contributed by atoms with Crippen molar-refractivity contribution in [2.45, 2.75) is 6.04 Å². The molecule has 0 aliphatic carbocycles. The van der Waals surface area contributed by atoms with E-state index in [-0.39, 0.29) is 22.1 Å². The summed E-state index contributed by atoms with van der Waals surface area (Å²) in [5, 5.41) is 31.6. The van der Waals surface area contributed by atoms with Gasteiger partial charge in [-0.3, -0.25) is 19.1 Å². The molecule has 32 heavy (non-hydrogen) atoms. The minimum Gasteiger partial charge on any atom is -0.494 e. The summed E-state index contributed by atoms with van der Waals surface area (Å²) in [5.74, 6) is -0.666. The number of benzene rings is 2. The molecule has 0 amide bonds. The predicted octanol–water partition coefficient (Wildman–Crippen LogP) is 2.69. The van der Waals surface area contributed by atoms with Crippen molar-refractivity contribution in [1.82, 2.24) is 14.2 Å². The maximum Gasteiger partial charge on any atom is 0.333 e. The first-order valence-electron chi connectivity index (χ1n) is 9.35. The van der Waals surface area contributed by atoms with Crippen LogP contribution in [0.1, 0.15) is 22.7 Å². The molecule has 4 rings (SSSR count). The second-order valence-electron chi connectivity index (χ2n) is 7.09. The molecular formula is C21H17Cl2N5O4. The van der Waals surface area contributed by atoms with Crippen LogP contribution in [0.4, 0.5) is 0 Å². The van der Waals surface area contributed by atoms with Crippen LogP contribution in [-0.4, -0.2) is 36.1 Å². The van der Waals surface area contributed by atoms with Gasteiger partial charge < -0.3 is 5.11 Å². The molecule has 1 aliphatic rings. The van der Waals surface area contributed by atoms with Crippen LogP contribution in [0.5, 0.6) is 5.88 Å². The van der Waals surface area contributed by atoms with E-state index >= 15 is 0 Å². The number of aromatic nitrogens is 2. The molecule has 1 aromatic heterocycles. The molecule has 0 bridgehead atoms. The van der Waals surface area contributed by atoms with Crippen LogP contribution in [0.3, 0.4) is 0 Å². The maximum atomic E-state index is 13.1. The van der Waals surface area contributed by atoms with E-state index in [9.17, 15) is 19.9 Å². The predicted molar refractivity (Wildman–Crippen MR) is 121 cm³/mol. The Morgan fingerprint density at radius 2 is 1.66 bits per heavy atom. The van der Waals surface area contributed by atoms with E-state index in [0.717, 1.165) is 9.13 Å². The van der Waals surface area contributed by atoms with Crippen molar-refractivity contribution >= 4 is 34.7 Å². The minimum absolute atomic E-state index is 0.0633. The number of hydroxylamine groups is 2. The summed E-state index contributed by atoms with van der Waals surface area (Å²) in [4.78, 5) is 25.3. The van der Waals surface area contributed by atoms with Crippen LogP contribution in [-0.2, 0) is 14.1 Å². The highest BCUT2D eigenvalue weighted by molar-refractivity contribution is 6.37. The SMILES string of the molecule is Cn1c(O)c([C@@H]2C(c3ccccc3)=NN=C(c3ccc(Cl)cc3Cl)N2O)c(=O)n(C)c1=O. The lowest BCUT2D eigenvalue weighted by Gasteiger charge is -2.32. The van der Waals surface area contributed by atoms with Crippen molar-refractivity contribution in [3.8, 4) is 5.88 Å². The normalized spacial score (nSPS) is 16.0. The van der Waals surface area contributed by atoms with E-state index in [4.69, 9.17) is 23.2 Å². The number of amidine groups is 1. The Bertz CT molecular complexity index is 1400. The van der Waals surface area contributed by atoms with E-state index in [1.807, 2.05) is 0 Å². The molecule has 1 aliphatic heterocycles. The number of hydrogen-bond donors (Lipinski definition) is 2. The fraction of sp³-hybridized carbons (Fsp3) is 0.143. The first kappa shape index (κ1) is 21.8. The summed E-state index contributed by atoms with van der Waals surface area (Å²) in [6, 6.07) is 12.0. The zero-order valence-corrected chi connectivity index (χ0v) is 18.4. The number of hydrogen-bond acceptors (Lipinski definition) is 7. The topological polar surface area (TPSA) is 112 Å². The van der Waals surface area contributed by atoms with Crippen LogP contribution in [0, 0.1) is 0 Å². The lowest BCUT2D eigenvalue weighted by molar-refractivity contribution is -0.0360. The quantitative estimate of drug-likeness (QED) is 0.607. The molecule has 3 aromatic rings. The fourth-order valence-electron chi connectivity index (χ4n) is 3.47. The lowest BCUT2D eigenvalue weighted by atomic mass is 9.96. The molecule has 11 heteroatoms. The molecular weight excluding hydrogens is 457 g/mol. The third-order valence-electron chi connectivity index (χ3n) is 5.16. The zero-order chi connectivity index (χ0) is 23.2. The number of aromatic hydroxyl groups is 1. The molecule has 2 N–H and O–H groups in total. The average Bonchev–Trinajstić information content (AvgIpc) is 2.78. The summed E-state index contributed by atoms with van der Waals surface area (Å²) in [7, 11) is 2.60. The highest BCUT2D eigenvalue weighted by atomic mass is 35.5. The molecule has 0 saturated carbocycles. The van der Waals surface area contributed by atoms with Crippen molar-refractivity contribution in [1.29, 1.82) is 0 Å². The summed E-state index contributed by atoms with van der Waals surface area (Å²) in [5.41, 5.74) is -0.714. The lowest BCUT2D eigenvalue weighted by Crippen LogP contribution is -2.46. The molecule has 0 spiro atoms. The van der Waals surface area contributed by atoms with Gasteiger partial charge in [0.05, 0.1) is 5.02 Å². The maximum absolute atomic E-state index is 13.1. The van der Waals surface area contributed by atoms with Gasteiger partial charge in [0.2, 0.25) is 5.88 Å². The zero-order valence-electron chi connectivity index (χ0n) is 16.9. The third-order valence-corrected chi connectivity index (χ3v) is 5.70. The minimum atomic E-state index is -1.29. The largest absolute Gasteiger partial charge is 0.494 e. The molecule has 1 atom stereocenters. The smallest absolute Gasteiger partial charge is 0.333 e. The first-order chi connectivity index (χ1) is 15.2. The second-order valence-corrected chi connectivity index (χ2v) is 7.93. The van der Waals surface area contributed by atoms with Gasteiger partial charge in [-0.25, -0.2) is 9.86 Å². The average molecular weight is 474 g/mol. The highest BCUT2D eigenvalue weighted by Gasteiger charge is 2.38. The third kappa shape index (κ3) is 3.50. The van der Waals surface area contributed by atoms with Gasteiger partial charge in [0.1, 0.15) is 17.3 Å². The highest BCUT2D eigenvalue weighted by Crippen LogP contribution is 2.33. The van der Waals surface area contributed by atoms with E-state index in [1.54, 1.807) is 42.5 Å². The molecule has 0 radical (unpaired) electrons. The number of nitrogens with zero attached hydrogens (tertiary/aromatic N) is 5. The first-order valence-corrected chi connectivity index (χ1v) is 10.1. The van der Waals surface area contributed by atoms with Crippen molar-refractivity contribution in [3.05, 3.63) is 96.1 Å². The summed E-state index contributed by atoms with van der Waals surface area (Å²) in [6.45, 7) is 0. The summed E-state index contributed by atoms with van der Waals surface area (Å²) < 4.78 is 1.75. The van der Waals surface area contributed by atoms with Gasteiger partial charge in [-0.05, 0) is 18.2 Å². The van der Waals surface area contributed by atoms with Gasteiger partial charge >= 0.3 is 5.69 Å². The molecule has 0 saturated heterocycles. The van der Waals surface area contributed by atoms with Gasteiger partial charge in [-0.15, -0.1) is 5.10 Å². The van der Waals surface area contributed by atoms with Crippen molar-refractivity contribution in [3.63, 3.8) is 0 Å². The molecule has 2 aromatic carbocycles. The molecule has 164 valence electrons. The van der Waals surface area contributed by atoms with Crippen molar-refractivity contribution in [2.75, 3.05) is 0 Å². The number of rotatable bonds is 3. The van der Waals surface area contributed by atoms with Crippen LogP contribution in [0.15, 0.2) is 68.3 Å². The molecule has 9 nitrogen and oxygen atoms in total. The van der Waals surface area contributed by atoms with E-state index < -0.39 is 23.2 Å². The van der Waals surface area contributed by atoms with Crippen molar-refractivity contribution in [2.24, 2.45) is 24.3 Å². The van der Waals surface area contributed by atoms with Crippen LogP contribution in [0.25, 0.3) is 0 Å². The fourth-order valence-corrected chi connectivity index (χ4v) is 3.96. The van der Waals surface area contributed by atoms with Gasteiger partial charge in [-0.2, -0.15) is 5.10 Å². The number of halogens is 2. The van der Waals surface area contributed by atoms with Gasteiger partial charge in [0.25, 0.3) is 5.56 Å². The van der Waals surface area contributed by atoms with E-state index in [1.165, 1.54) is 20.2 Å². The van der Waals surface area contributed by atoms with Gasteiger partial charge in [0, 0.05) is 30.2 Å². The Morgan fingerprint density at radius 3 is 2.31 bits per heavy atom. The van der Waals surface area contributed by atoms with Crippen LogP contribution >= 0.6 is 23.2 Å². The molecule has 2 heterocycles. The Kier molecular flexibility index (Phi) is 5.64. The Labute approximate surface area is 191 Å². The van der Waals surface area contributed by atoms with Crippen LogP contribution in [0.2, 0.25) is 10.0 Å². The summed E-state index contributed by atoms with van der Waals surface area (Å²) >= 11 is 12.3. The van der Waals surface area contributed by atoms with Gasteiger partial charge in [0.15, 0.2) is 5.84 Å². The van der Waals surface area contributed by atoms with Gasteiger partial charge in [-0.1, -0.05) is 53.5 Å². The monoisotopic (exact) mass is 473 g/mol. The Balaban J connectivity index is 2.00. The van der Waals surface area contributed by atoms with E-state index in [0.29, 0.717) is 21.2 Å². The molecule has 0 fully saturated rings. The van der Waals surface area contributed by atoms with E-state index in [2.05, 4.69) is 10.2 Å².